The smallest absolute Gasteiger partial charge is 0.176 e. The van der Waals surface area contributed by atoms with Gasteiger partial charge in [0.15, 0.2) is 5.82 Å². The largest absolute Gasteiger partial charge is 0.377 e. The molecule has 5 heteroatoms. The molecule has 0 aliphatic heterocycles. The highest BCUT2D eigenvalue weighted by atomic mass is 35.5. The van der Waals surface area contributed by atoms with Crippen LogP contribution in [-0.2, 0) is 17.9 Å². The number of hydrogen-bond donors (Lipinski definition) is 0. The molecule has 2 aromatic rings. The number of halogens is 1. The van der Waals surface area contributed by atoms with Crippen LogP contribution in [0.25, 0.3) is 0 Å². The first kappa shape index (κ1) is 11.1. The Bertz CT molecular complexity index is 470. The fourth-order valence-electron chi connectivity index (χ4n) is 1.41. The van der Waals surface area contributed by atoms with E-state index in [0.717, 1.165) is 10.6 Å². The van der Waals surface area contributed by atoms with E-state index < -0.39 is 0 Å². The highest BCUT2D eigenvalue weighted by molar-refractivity contribution is 6.31. The van der Waals surface area contributed by atoms with Gasteiger partial charge >= 0.3 is 0 Å². The fourth-order valence-corrected chi connectivity index (χ4v) is 1.60. The van der Waals surface area contributed by atoms with Crippen molar-refractivity contribution in [2.45, 2.75) is 13.2 Å². The minimum Gasteiger partial charge on any atom is -0.377 e. The summed E-state index contributed by atoms with van der Waals surface area (Å²) in [5.41, 5.74) is 1.03. The lowest BCUT2D eigenvalue weighted by atomic mass is 10.2. The maximum absolute atomic E-state index is 6.06. The average molecular weight is 238 g/mol. The lowest BCUT2D eigenvalue weighted by molar-refractivity contribution is 0.177. The molecular weight excluding hydrogens is 226 g/mol. The predicted molar refractivity (Wildman–Crippen MR) is 61.3 cm³/mol. The second kappa shape index (κ2) is 5.09. The molecule has 4 nitrogen and oxygen atoms in total. The summed E-state index contributed by atoms with van der Waals surface area (Å²) in [6.45, 7) is 1.05. The maximum Gasteiger partial charge on any atom is 0.176 e. The van der Waals surface area contributed by atoms with Crippen LogP contribution in [0.5, 0.6) is 0 Å². The van der Waals surface area contributed by atoms with E-state index in [9.17, 15) is 0 Å². The van der Waals surface area contributed by atoms with Gasteiger partial charge in [0.2, 0.25) is 0 Å². The topological polar surface area (TPSA) is 39.9 Å². The maximum atomic E-state index is 6.06. The average Bonchev–Trinajstić information content (AvgIpc) is 2.70. The lowest BCUT2D eigenvalue weighted by Crippen LogP contribution is -2.02. The van der Waals surface area contributed by atoms with Crippen molar-refractivity contribution < 1.29 is 4.74 Å². The van der Waals surface area contributed by atoms with Gasteiger partial charge in [-0.1, -0.05) is 29.8 Å². The molecule has 0 amide bonds. The quantitative estimate of drug-likeness (QED) is 0.818. The summed E-state index contributed by atoms with van der Waals surface area (Å²) >= 11 is 6.06. The van der Waals surface area contributed by atoms with Crippen molar-refractivity contribution in [3.8, 4) is 0 Å². The number of aromatic nitrogens is 3. The summed E-state index contributed by atoms with van der Waals surface area (Å²) < 4.78 is 6.70. The van der Waals surface area contributed by atoms with Gasteiger partial charge in [-0.3, -0.25) is 0 Å². The van der Waals surface area contributed by atoms with Crippen molar-refractivity contribution in [1.82, 2.24) is 14.8 Å². The Morgan fingerprint density at radius 2 is 2.19 bits per heavy atom. The summed E-state index contributed by atoms with van der Waals surface area (Å²) in [5, 5.41) is 5.00. The summed E-state index contributed by atoms with van der Waals surface area (Å²) in [7, 11) is 1.62. The van der Waals surface area contributed by atoms with Gasteiger partial charge in [0.05, 0.1) is 6.54 Å². The normalized spacial score (nSPS) is 10.6. The second-order valence-electron chi connectivity index (χ2n) is 3.38. The van der Waals surface area contributed by atoms with Crippen molar-refractivity contribution in [2.75, 3.05) is 7.11 Å². The molecule has 0 radical (unpaired) electrons. The second-order valence-corrected chi connectivity index (χ2v) is 3.79. The minimum absolute atomic E-state index is 0.426. The third-order valence-electron chi connectivity index (χ3n) is 2.15. The predicted octanol–water partition coefficient (Wildman–Crippen LogP) is 2.13. The van der Waals surface area contributed by atoms with E-state index >= 15 is 0 Å². The van der Waals surface area contributed by atoms with Crippen LogP contribution in [-0.4, -0.2) is 21.9 Å². The van der Waals surface area contributed by atoms with E-state index in [0.29, 0.717) is 19.0 Å². The molecule has 0 unspecified atom stereocenters. The molecule has 1 aromatic heterocycles. The first-order valence-electron chi connectivity index (χ1n) is 4.90. The van der Waals surface area contributed by atoms with Gasteiger partial charge in [0.25, 0.3) is 0 Å². The van der Waals surface area contributed by atoms with E-state index in [1.54, 1.807) is 18.1 Å². The monoisotopic (exact) mass is 237 g/mol. The third kappa shape index (κ3) is 2.59. The van der Waals surface area contributed by atoms with Crippen LogP contribution in [0.3, 0.4) is 0 Å². The van der Waals surface area contributed by atoms with Crippen molar-refractivity contribution in [1.29, 1.82) is 0 Å². The summed E-state index contributed by atoms with van der Waals surface area (Å²) in [6, 6.07) is 7.70. The van der Waals surface area contributed by atoms with Gasteiger partial charge in [-0.2, -0.15) is 5.10 Å². The molecule has 0 saturated heterocycles. The minimum atomic E-state index is 0.426. The van der Waals surface area contributed by atoms with Crippen LogP contribution in [0.1, 0.15) is 11.4 Å². The summed E-state index contributed by atoms with van der Waals surface area (Å²) in [5.74, 6) is 0.676. The van der Waals surface area contributed by atoms with Gasteiger partial charge in [-0.05, 0) is 11.6 Å². The Hall–Kier alpha value is -1.39. The van der Waals surface area contributed by atoms with Gasteiger partial charge in [-0.25, -0.2) is 9.67 Å². The van der Waals surface area contributed by atoms with Crippen molar-refractivity contribution in [3.05, 3.63) is 47.0 Å². The van der Waals surface area contributed by atoms with Crippen molar-refractivity contribution >= 4 is 11.6 Å². The molecule has 0 bridgehead atoms. The molecule has 0 spiro atoms. The zero-order valence-corrected chi connectivity index (χ0v) is 9.68. The zero-order chi connectivity index (χ0) is 11.4. The first-order valence-corrected chi connectivity index (χ1v) is 5.28. The molecule has 0 atom stereocenters. The first-order chi connectivity index (χ1) is 7.79. The van der Waals surface area contributed by atoms with E-state index in [1.807, 2.05) is 24.3 Å². The standard InChI is InChI=1S/C11H12ClN3O/c1-16-7-11-13-8-15(14-11)6-9-4-2-3-5-10(9)12/h2-5,8H,6-7H2,1H3. The Kier molecular flexibility index (Phi) is 3.54. The molecule has 0 aliphatic carbocycles. The molecule has 0 fully saturated rings. The zero-order valence-electron chi connectivity index (χ0n) is 8.93. The molecular formula is C11H12ClN3O. The Morgan fingerprint density at radius 1 is 1.38 bits per heavy atom. The van der Waals surface area contributed by atoms with Gasteiger partial charge in [-0.15, -0.1) is 0 Å². The number of nitrogens with zero attached hydrogens (tertiary/aromatic N) is 3. The Balaban J connectivity index is 2.11. The number of benzene rings is 1. The van der Waals surface area contributed by atoms with Crippen LogP contribution in [0.2, 0.25) is 5.02 Å². The molecule has 1 heterocycles. The van der Waals surface area contributed by atoms with Crippen molar-refractivity contribution in [3.63, 3.8) is 0 Å². The van der Waals surface area contributed by atoms with Crippen LogP contribution in [0, 0.1) is 0 Å². The Morgan fingerprint density at radius 3 is 2.94 bits per heavy atom. The fraction of sp³-hybridized carbons (Fsp3) is 0.273. The molecule has 0 N–H and O–H groups in total. The van der Waals surface area contributed by atoms with E-state index in [-0.39, 0.29) is 0 Å². The highest BCUT2D eigenvalue weighted by Gasteiger charge is 2.03. The molecule has 0 saturated carbocycles. The molecule has 84 valence electrons. The molecule has 2 rings (SSSR count). The Labute approximate surface area is 98.8 Å². The van der Waals surface area contributed by atoms with E-state index in [1.165, 1.54) is 0 Å². The van der Waals surface area contributed by atoms with Gasteiger partial charge in [0, 0.05) is 12.1 Å². The van der Waals surface area contributed by atoms with Gasteiger partial charge in [0.1, 0.15) is 12.9 Å². The van der Waals surface area contributed by atoms with Crippen molar-refractivity contribution in [2.24, 2.45) is 0 Å². The van der Waals surface area contributed by atoms with Crippen LogP contribution < -0.4 is 0 Å². The van der Waals surface area contributed by atoms with Gasteiger partial charge < -0.3 is 4.74 Å². The molecule has 16 heavy (non-hydrogen) atoms. The molecule has 1 aromatic carbocycles. The van der Waals surface area contributed by atoms with E-state index in [4.69, 9.17) is 16.3 Å². The SMILES string of the molecule is COCc1ncn(Cc2ccccc2Cl)n1. The van der Waals surface area contributed by atoms with Crippen LogP contribution >= 0.6 is 11.6 Å². The van der Waals surface area contributed by atoms with Crippen LogP contribution in [0.4, 0.5) is 0 Å². The summed E-state index contributed by atoms with van der Waals surface area (Å²) in [6.07, 6.45) is 1.68. The third-order valence-corrected chi connectivity index (χ3v) is 2.52. The number of methoxy groups -OCH3 is 1. The number of hydrogen-bond acceptors (Lipinski definition) is 3. The molecule has 0 aliphatic rings. The number of ether oxygens (including phenoxy) is 1. The number of rotatable bonds is 4. The highest BCUT2D eigenvalue weighted by Crippen LogP contribution is 2.15. The van der Waals surface area contributed by atoms with E-state index in [2.05, 4.69) is 10.1 Å². The summed E-state index contributed by atoms with van der Waals surface area (Å²) in [4.78, 5) is 4.12. The van der Waals surface area contributed by atoms with Crippen LogP contribution in [0.15, 0.2) is 30.6 Å². The lowest BCUT2D eigenvalue weighted by Gasteiger charge is -2.02.